The number of hydrogen-bond acceptors (Lipinski definition) is 4. The summed E-state index contributed by atoms with van der Waals surface area (Å²) in [5, 5.41) is 4.23. The Morgan fingerprint density at radius 2 is 2.18 bits per heavy atom. The van der Waals surface area contributed by atoms with Crippen LogP contribution in [0.1, 0.15) is 18.7 Å². The monoisotopic (exact) mass is 254 g/mol. The lowest BCUT2D eigenvalue weighted by Crippen LogP contribution is -2.08. The van der Waals surface area contributed by atoms with Gasteiger partial charge in [0.25, 0.3) is 0 Å². The number of anilines is 1. The molecule has 0 aliphatic rings. The van der Waals surface area contributed by atoms with E-state index in [1.807, 2.05) is 19.1 Å². The van der Waals surface area contributed by atoms with Gasteiger partial charge in [0.1, 0.15) is 0 Å². The number of halogens is 1. The minimum Gasteiger partial charge on any atom is -0.396 e. The fraction of sp³-hybridized carbons (Fsp3) is 0.273. The molecule has 1 unspecified atom stereocenters. The van der Waals surface area contributed by atoms with E-state index in [0.29, 0.717) is 5.69 Å². The quantitative estimate of drug-likeness (QED) is 0.910. The average Bonchev–Trinajstić information content (AvgIpc) is 2.71. The van der Waals surface area contributed by atoms with Crippen LogP contribution in [0.15, 0.2) is 30.7 Å². The van der Waals surface area contributed by atoms with Crippen molar-refractivity contribution in [2.24, 2.45) is 0 Å². The maximum atomic E-state index is 5.87. The van der Waals surface area contributed by atoms with Gasteiger partial charge >= 0.3 is 0 Å². The van der Waals surface area contributed by atoms with E-state index >= 15 is 0 Å². The number of nitrogens with two attached hydrogens (primary N) is 1. The highest BCUT2D eigenvalue weighted by Gasteiger charge is 2.16. The van der Waals surface area contributed by atoms with Crippen molar-refractivity contribution in [3.8, 4) is 5.69 Å². The van der Waals surface area contributed by atoms with E-state index in [4.69, 9.17) is 10.5 Å². The lowest BCUT2D eigenvalue weighted by molar-refractivity contribution is 0.114. The molecular formula is C11H15ClN4O. The molecule has 0 aliphatic heterocycles. The third-order valence-electron chi connectivity index (χ3n) is 2.47. The Kier molecular flexibility index (Phi) is 4.48. The number of hydrogen-bond donors (Lipinski definition) is 1. The van der Waals surface area contributed by atoms with Crippen LogP contribution in [-0.4, -0.2) is 21.9 Å². The van der Waals surface area contributed by atoms with Crippen molar-refractivity contribution in [3.05, 3.63) is 36.4 Å². The Morgan fingerprint density at radius 3 is 2.76 bits per heavy atom. The highest BCUT2D eigenvalue weighted by atomic mass is 35.5. The van der Waals surface area contributed by atoms with E-state index in [1.54, 1.807) is 30.4 Å². The van der Waals surface area contributed by atoms with Gasteiger partial charge < -0.3 is 10.5 Å². The molecule has 0 aliphatic carbocycles. The van der Waals surface area contributed by atoms with Crippen molar-refractivity contribution < 1.29 is 4.74 Å². The lowest BCUT2D eigenvalue weighted by atomic mass is 10.2. The van der Waals surface area contributed by atoms with Gasteiger partial charge in [-0.3, -0.25) is 4.98 Å². The fourth-order valence-electron chi connectivity index (χ4n) is 1.57. The molecule has 0 saturated heterocycles. The first kappa shape index (κ1) is 13.5. The van der Waals surface area contributed by atoms with Crippen molar-refractivity contribution in [1.82, 2.24) is 14.8 Å². The topological polar surface area (TPSA) is 66.0 Å². The molecule has 0 aromatic carbocycles. The van der Waals surface area contributed by atoms with Crippen molar-refractivity contribution in [1.29, 1.82) is 0 Å². The number of nitrogen functional groups attached to an aromatic ring is 1. The van der Waals surface area contributed by atoms with Crippen LogP contribution in [-0.2, 0) is 4.74 Å². The van der Waals surface area contributed by atoms with Crippen molar-refractivity contribution >= 4 is 18.1 Å². The predicted octanol–water partition coefficient (Wildman–Crippen LogP) is 1.98. The van der Waals surface area contributed by atoms with E-state index in [9.17, 15) is 0 Å². The standard InChI is InChI=1S/C11H14N4O.ClH/c1-8(16-2)11-10(12)7-14-15(11)9-4-3-5-13-6-9;/h3-8H,12H2,1-2H3;1H. The van der Waals surface area contributed by atoms with E-state index < -0.39 is 0 Å². The van der Waals surface area contributed by atoms with Crippen molar-refractivity contribution in [3.63, 3.8) is 0 Å². The summed E-state index contributed by atoms with van der Waals surface area (Å²) in [6.07, 6.45) is 4.97. The fourth-order valence-corrected chi connectivity index (χ4v) is 1.57. The van der Waals surface area contributed by atoms with Gasteiger partial charge in [-0.05, 0) is 19.1 Å². The van der Waals surface area contributed by atoms with E-state index in [0.717, 1.165) is 11.4 Å². The van der Waals surface area contributed by atoms with Gasteiger partial charge in [0.15, 0.2) is 0 Å². The van der Waals surface area contributed by atoms with Gasteiger partial charge in [-0.25, -0.2) is 4.68 Å². The first-order valence-corrected chi connectivity index (χ1v) is 5.00. The van der Waals surface area contributed by atoms with Crippen LogP contribution in [0.25, 0.3) is 5.69 Å². The van der Waals surface area contributed by atoms with Crippen LogP contribution in [0.4, 0.5) is 5.69 Å². The summed E-state index contributed by atoms with van der Waals surface area (Å²) in [5.74, 6) is 0. The largest absolute Gasteiger partial charge is 0.396 e. The summed E-state index contributed by atoms with van der Waals surface area (Å²) in [6.45, 7) is 1.93. The highest BCUT2D eigenvalue weighted by molar-refractivity contribution is 5.85. The van der Waals surface area contributed by atoms with Crippen LogP contribution in [0, 0.1) is 0 Å². The molecule has 0 radical (unpaired) electrons. The van der Waals surface area contributed by atoms with Crippen LogP contribution in [0.2, 0.25) is 0 Å². The molecule has 2 rings (SSSR count). The average molecular weight is 255 g/mol. The van der Waals surface area contributed by atoms with E-state index in [-0.39, 0.29) is 18.5 Å². The second-order valence-electron chi connectivity index (χ2n) is 3.49. The molecule has 92 valence electrons. The van der Waals surface area contributed by atoms with Gasteiger partial charge in [-0.1, -0.05) is 0 Å². The number of methoxy groups -OCH3 is 1. The van der Waals surface area contributed by atoms with Crippen LogP contribution >= 0.6 is 12.4 Å². The number of pyridine rings is 1. The zero-order valence-corrected chi connectivity index (χ0v) is 10.5. The highest BCUT2D eigenvalue weighted by Crippen LogP contribution is 2.24. The molecule has 6 heteroatoms. The minimum atomic E-state index is -0.109. The summed E-state index contributed by atoms with van der Waals surface area (Å²) in [7, 11) is 1.64. The molecule has 2 aromatic heterocycles. The summed E-state index contributed by atoms with van der Waals surface area (Å²) < 4.78 is 7.02. The SMILES string of the molecule is COC(C)c1c(N)cnn1-c1cccnc1.Cl. The van der Waals surface area contributed by atoms with Gasteiger partial charge in [-0.2, -0.15) is 5.10 Å². The van der Waals surface area contributed by atoms with Crippen molar-refractivity contribution in [2.75, 3.05) is 12.8 Å². The van der Waals surface area contributed by atoms with Crippen LogP contribution in [0.3, 0.4) is 0 Å². The lowest BCUT2D eigenvalue weighted by Gasteiger charge is -2.13. The first-order valence-electron chi connectivity index (χ1n) is 5.00. The van der Waals surface area contributed by atoms with Gasteiger partial charge in [0.05, 0.1) is 35.6 Å². The molecule has 2 heterocycles. The molecule has 0 spiro atoms. The molecule has 0 fully saturated rings. The molecule has 0 amide bonds. The molecule has 17 heavy (non-hydrogen) atoms. The molecule has 1 atom stereocenters. The van der Waals surface area contributed by atoms with Crippen molar-refractivity contribution in [2.45, 2.75) is 13.0 Å². The molecule has 2 aromatic rings. The Hall–Kier alpha value is -1.59. The zero-order chi connectivity index (χ0) is 11.5. The molecular weight excluding hydrogens is 240 g/mol. The number of nitrogens with zero attached hydrogens (tertiary/aromatic N) is 3. The maximum Gasteiger partial charge on any atom is 0.0985 e. The molecule has 2 N–H and O–H groups in total. The van der Waals surface area contributed by atoms with Gasteiger partial charge in [-0.15, -0.1) is 12.4 Å². The van der Waals surface area contributed by atoms with Gasteiger partial charge in [0, 0.05) is 13.3 Å². The summed E-state index contributed by atoms with van der Waals surface area (Å²) >= 11 is 0. The van der Waals surface area contributed by atoms with E-state index in [2.05, 4.69) is 10.1 Å². The Balaban J connectivity index is 0.00000144. The third kappa shape index (κ3) is 2.57. The number of ether oxygens (including phenoxy) is 1. The van der Waals surface area contributed by atoms with Crippen LogP contribution in [0.5, 0.6) is 0 Å². The number of rotatable bonds is 3. The normalized spacial score (nSPS) is 11.9. The van der Waals surface area contributed by atoms with Gasteiger partial charge in [0.2, 0.25) is 0 Å². The van der Waals surface area contributed by atoms with E-state index in [1.165, 1.54) is 0 Å². The first-order chi connectivity index (χ1) is 7.74. The minimum absolute atomic E-state index is 0. The Labute approximate surface area is 106 Å². The number of aromatic nitrogens is 3. The summed E-state index contributed by atoms with van der Waals surface area (Å²) in [5.41, 5.74) is 8.21. The molecule has 5 nitrogen and oxygen atoms in total. The Bertz CT molecular complexity index is 472. The third-order valence-corrected chi connectivity index (χ3v) is 2.47. The molecule has 0 bridgehead atoms. The second-order valence-corrected chi connectivity index (χ2v) is 3.49. The summed E-state index contributed by atoms with van der Waals surface area (Å²) in [6, 6.07) is 3.78. The second kappa shape index (κ2) is 5.65. The van der Waals surface area contributed by atoms with Crippen LogP contribution < -0.4 is 5.73 Å². The smallest absolute Gasteiger partial charge is 0.0985 e. The summed E-state index contributed by atoms with van der Waals surface area (Å²) in [4.78, 5) is 4.05. The Morgan fingerprint density at radius 1 is 1.41 bits per heavy atom. The molecule has 0 saturated carbocycles. The zero-order valence-electron chi connectivity index (χ0n) is 9.70. The maximum absolute atomic E-state index is 5.87. The predicted molar refractivity (Wildman–Crippen MR) is 68.4 cm³/mol.